The van der Waals surface area contributed by atoms with E-state index in [0.29, 0.717) is 47.7 Å². The van der Waals surface area contributed by atoms with Gasteiger partial charge in [0.1, 0.15) is 11.5 Å². The van der Waals surface area contributed by atoms with E-state index in [2.05, 4.69) is 0 Å². The first-order valence-corrected chi connectivity index (χ1v) is 10.5. The Balaban J connectivity index is 1.46. The lowest BCUT2D eigenvalue weighted by atomic mass is 10.1. The van der Waals surface area contributed by atoms with Gasteiger partial charge in [-0.15, -0.1) is 0 Å². The molecule has 0 aliphatic carbocycles. The summed E-state index contributed by atoms with van der Waals surface area (Å²) in [6.45, 7) is 1.95. The Morgan fingerprint density at radius 1 is 0.969 bits per heavy atom. The Kier molecular flexibility index (Phi) is 5.94. The van der Waals surface area contributed by atoms with Crippen molar-refractivity contribution in [1.29, 1.82) is 0 Å². The predicted octanol–water partition coefficient (Wildman–Crippen LogP) is 3.01. The molecule has 2 fully saturated rings. The van der Waals surface area contributed by atoms with Gasteiger partial charge in [-0.2, -0.15) is 0 Å². The van der Waals surface area contributed by atoms with Gasteiger partial charge in [0.15, 0.2) is 0 Å². The zero-order valence-electron chi connectivity index (χ0n) is 18.0. The summed E-state index contributed by atoms with van der Waals surface area (Å²) in [7, 11) is 1.53. The summed E-state index contributed by atoms with van der Waals surface area (Å²) in [4.78, 5) is 52.4. The Hall–Kier alpha value is -3.68. The van der Waals surface area contributed by atoms with Crippen LogP contribution < -0.4 is 19.3 Å². The number of nitrogens with zero attached hydrogens (tertiary/aromatic N) is 2. The Bertz CT molecular complexity index is 1080. The molecular weight excluding hydrogens is 412 g/mol. The number of amides is 3. The lowest BCUT2D eigenvalue weighted by Crippen LogP contribution is -2.40. The summed E-state index contributed by atoms with van der Waals surface area (Å²) < 4.78 is 10.9. The molecule has 8 heteroatoms. The van der Waals surface area contributed by atoms with Crippen molar-refractivity contribution in [3.05, 3.63) is 48.0 Å². The van der Waals surface area contributed by atoms with E-state index >= 15 is 0 Å². The molecule has 2 aliphatic heterocycles. The number of rotatable bonds is 5. The number of hydrogen-bond acceptors (Lipinski definition) is 6. The molecule has 4 rings (SSSR count). The summed E-state index contributed by atoms with van der Waals surface area (Å²) in [5.74, 6) is -0.889. The van der Waals surface area contributed by atoms with Crippen LogP contribution >= 0.6 is 0 Å². The molecule has 8 nitrogen and oxygen atoms in total. The third-order valence-electron chi connectivity index (χ3n) is 5.74. The fourth-order valence-corrected chi connectivity index (χ4v) is 4.12. The topological polar surface area (TPSA) is 93.2 Å². The summed E-state index contributed by atoms with van der Waals surface area (Å²) in [6, 6.07) is 11.9. The molecule has 32 heavy (non-hydrogen) atoms. The van der Waals surface area contributed by atoms with Crippen LogP contribution in [-0.2, 0) is 19.2 Å². The summed E-state index contributed by atoms with van der Waals surface area (Å²) in [6.07, 6.45) is 1.28. The smallest absolute Gasteiger partial charge is 0.316 e. The van der Waals surface area contributed by atoms with Gasteiger partial charge >= 0.3 is 5.97 Å². The number of para-hydroxylation sites is 2. The highest BCUT2D eigenvalue weighted by Gasteiger charge is 2.37. The lowest BCUT2D eigenvalue weighted by Gasteiger charge is -2.26. The Morgan fingerprint density at radius 3 is 2.38 bits per heavy atom. The standard InChI is InChI=1S/C24H24N2O6/c1-15-12-17(10-11-18(15)26-21(27)8-5-9-22(26)28)32-24(30)16-13-23(29)25(14-16)19-6-3-4-7-20(19)31-2/h3-4,6-7,10-12,16H,5,8-9,13-14H2,1-2H3/t16-/m1/s1. The van der Waals surface area contributed by atoms with Gasteiger partial charge in [-0.3, -0.25) is 24.1 Å². The van der Waals surface area contributed by atoms with E-state index in [0.717, 1.165) is 0 Å². The number of imide groups is 1. The Morgan fingerprint density at radius 2 is 1.69 bits per heavy atom. The molecule has 0 N–H and O–H groups in total. The molecule has 0 unspecified atom stereocenters. The van der Waals surface area contributed by atoms with E-state index in [1.807, 2.05) is 6.07 Å². The van der Waals surface area contributed by atoms with E-state index in [9.17, 15) is 19.2 Å². The van der Waals surface area contributed by atoms with Crippen LogP contribution in [0.2, 0.25) is 0 Å². The average molecular weight is 436 g/mol. The van der Waals surface area contributed by atoms with Crippen LogP contribution in [0.25, 0.3) is 0 Å². The van der Waals surface area contributed by atoms with Crippen LogP contribution in [0.4, 0.5) is 11.4 Å². The van der Waals surface area contributed by atoms with Gasteiger partial charge in [0.05, 0.1) is 24.4 Å². The van der Waals surface area contributed by atoms with Gasteiger partial charge in [-0.25, -0.2) is 0 Å². The van der Waals surface area contributed by atoms with E-state index in [1.54, 1.807) is 43.3 Å². The minimum Gasteiger partial charge on any atom is -0.495 e. The molecule has 2 aromatic rings. The number of esters is 1. The number of hydrogen-bond donors (Lipinski definition) is 0. The van der Waals surface area contributed by atoms with Crippen molar-refractivity contribution in [3.63, 3.8) is 0 Å². The minimum atomic E-state index is -0.613. The fourth-order valence-electron chi connectivity index (χ4n) is 4.12. The number of aryl methyl sites for hydroxylation is 1. The molecule has 0 saturated carbocycles. The molecule has 1 atom stereocenters. The maximum atomic E-state index is 12.7. The molecule has 2 saturated heterocycles. The Labute approximate surface area is 185 Å². The first-order valence-electron chi connectivity index (χ1n) is 10.5. The van der Waals surface area contributed by atoms with Gasteiger partial charge in [0.2, 0.25) is 17.7 Å². The monoisotopic (exact) mass is 436 g/mol. The number of benzene rings is 2. The summed E-state index contributed by atoms with van der Waals surface area (Å²) in [5.41, 5.74) is 1.77. The van der Waals surface area contributed by atoms with Crippen molar-refractivity contribution in [3.8, 4) is 11.5 Å². The highest BCUT2D eigenvalue weighted by molar-refractivity contribution is 6.16. The second kappa shape index (κ2) is 8.82. The fraction of sp³-hybridized carbons (Fsp3) is 0.333. The zero-order valence-corrected chi connectivity index (χ0v) is 18.0. The molecule has 166 valence electrons. The lowest BCUT2D eigenvalue weighted by molar-refractivity contribution is -0.139. The van der Waals surface area contributed by atoms with Crippen molar-refractivity contribution in [2.75, 3.05) is 23.5 Å². The maximum Gasteiger partial charge on any atom is 0.316 e. The van der Waals surface area contributed by atoms with Crippen LogP contribution in [0, 0.1) is 12.8 Å². The van der Waals surface area contributed by atoms with Crippen molar-refractivity contribution in [1.82, 2.24) is 0 Å². The van der Waals surface area contributed by atoms with Gasteiger partial charge in [-0.05, 0) is 49.2 Å². The second-order valence-electron chi connectivity index (χ2n) is 7.92. The highest BCUT2D eigenvalue weighted by Crippen LogP contribution is 2.34. The molecule has 2 aliphatic rings. The quantitative estimate of drug-likeness (QED) is 0.406. The van der Waals surface area contributed by atoms with Crippen LogP contribution in [0.3, 0.4) is 0 Å². The van der Waals surface area contributed by atoms with Crippen molar-refractivity contribution in [2.24, 2.45) is 5.92 Å². The maximum absolute atomic E-state index is 12.7. The van der Waals surface area contributed by atoms with E-state index in [-0.39, 0.29) is 30.7 Å². The molecule has 0 spiro atoms. The average Bonchev–Trinajstić information content (AvgIpc) is 3.16. The van der Waals surface area contributed by atoms with Gasteiger partial charge in [0, 0.05) is 25.8 Å². The van der Waals surface area contributed by atoms with E-state index in [1.165, 1.54) is 16.9 Å². The number of ether oxygens (including phenoxy) is 2. The third-order valence-corrected chi connectivity index (χ3v) is 5.74. The molecular formula is C24H24N2O6. The predicted molar refractivity (Wildman–Crippen MR) is 117 cm³/mol. The number of carbonyl (C=O) groups is 4. The first-order chi connectivity index (χ1) is 15.4. The van der Waals surface area contributed by atoms with E-state index < -0.39 is 11.9 Å². The van der Waals surface area contributed by atoms with Gasteiger partial charge in [-0.1, -0.05) is 12.1 Å². The van der Waals surface area contributed by atoms with Gasteiger partial charge in [0.25, 0.3) is 0 Å². The number of carbonyl (C=O) groups excluding carboxylic acids is 4. The van der Waals surface area contributed by atoms with Crippen LogP contribution in [-0.4, -0.2) is 37.3 Å². The molecule has 3 amide bonds. The van der Waals surface area contributed by atoms with E-state index in [4.69, 9.17) is 9.47 Å². The minimum absolute atomic E-state index is 0.0464. The highest BCUT2D eigenvalue weighted by atomic mass is 16.5. The summed E-state index contributed by atoms with van der Waals surface area (Å²) in [5, 5.41) is 0. The van der Waals surface area contributed by atoms with Gasteiger partial charge < -0.3 is 14.4 Å². The molecule has 2 heterocycles. The van der Waals surface area contributed by atoms with Crippen LogP contribution in [0.15, 0.2) is 42.5 Å². The largest absolute Gasteiger partial charge is 0.495 e. The molecule has 0 aromatic heterocycles. The van der Waals surface area contributed by atoms with Crippen molar-refractivity contribution < 1.29 is 28.7 Å². The van der Waals surface area contributed by atoms with Crippen LogP contribution in [0.1, 0.15) is 31.2 Å². The van der Waals surface area contributed by atoms with Crippen LogP contribution in [0.5, 0.6) is 11.5 Å². The molecule has 2 aromatic carbocycles. The molecule has 0 bridgehead atoms. The second-order valence-corrected chi connectivity index (χ2v) is 7.92. The number of methoxy groups -OCH3 is 1. The number of piperidine rings is 1. The normalized spacial score (nSPS) is 18.8. The summed E-state index contributed by atoms with van der Waals surface area (Å²) >= 11 is 0. The molecule has 0 radical (unpaired) electrons. The SMILES string of the molecule is COc1ccccc1N1C[C@H](C(=O)Oc2ccc(N3C(=O)CCCC3=O)c(C)c2)CC1=O. The van der Waals surface area contributed by atoms with Crippen molar-refractivity contribution >= 4 is 35.1 Å². The number of anilines is 2. The zero-order chi connectivity index (χ0) is 22.8. The first kappa shape index (κ1) is 21.5. The third kappa shape index (κ3) is 4.08. The van der Waals surface area contributed by atoms with Crippen molar-refractivity contribution in [2.45, 2.75) is 32.6 Å².